The number of carbonyl (C=O) groups excluding carboxylic acids is 2. The maximum atomic E-state index is 15.0. The number of nitro groups is 1. The molecule has 1 fully saturated rings. The van der Waals surface area contributed by atoms with Crippen molar-refractivity contribution in [1.29, 1.82) is 0 Å². The average molecular weight is 577 g/mol. The lowest BCUT2D eigenvalue weighted by atomic mass is 10.1. The summed E-state index contributed by atoms with van der Waals surface area (Å²) in [7, 11) is 1.57. The third-order valence-electron chi connectivity index (χ3n) is 7.20. The molecule has 1 saturated heterocycles. The largest absolute Gasteiger partial charge is 0.497 e. The monoisotopic (exact) mass is 576 g/mol. The molecule has 11 heteroatoms. The molecule has 0 atom stereocenters. The second kappa shape index (κ2) is 11.4. The van der Waals surface area contributed by atoms with Crippen LogP contribution in [0.4, 0.5) is 10.1 Å². The molecular formula is C30H26ClFN4O5. The number of hydrogen-bond donors (Lipinski definition) is 0. The summed E-state index contributed by atoms with van der Waals surface area (Å²) in [6, 6.07) is 19.4. The third kappa shape index (κ3) is 5.38. The standard InChI is InChI=1S/C30H26ClFN4O5/c1-19-23(18-27(20-7-10-22(41-2)11-8-20)35(19)26-6-4-3-5-25(26)32)30(38)34-15-13-33(14-16-34)29(37)21-9-12-24(31)28(17-21)36(39)40/h3-12,17-18H,13-16H2,1-2H3. The van der Waals surface area contributed by atoms with Crippen LogP contribution >= 0.6 is 11.6 Å². The fourth-order valence-electron chi connectivity index (χ4n) is 4.99. The van der Waals surface area contributed by atoms with Crippen LogP contribution < -0.4 is 4.74 Å². The number of rotatable bonds is 6. The Morgan fingerprint density at radius 3 is 2.17 bits per heavy atom. The molecule has 2 amide bonds. The van der Waals surface area contributed by atoms with Gasteiger partial charge in [-0.2, -0.15) is 0 Å². The fraction of sp³-hybridized carbons (Fsp3) is 0.200. The van der Waals surface area contributed by atoms with Crippen molar-refractivity contribution in [3.8, 4) is 22.7 Å². The van der Waals surface area contributed by atoms with Crippen LogP contribution in [0.5, 0.6) is 5.75 Å². The van der Waals surface area contributed by atoms with E-state index in [4.69, 9.17) is 16.3 Å². The van der Waals surface area contributed by atoms with Crippen LogP contribution in [0, 0.1) is 22.9 Å². The van der Waals surface area contributed by atoms with Crippen molar-refractivity contribution in [3.63, 3.8) is 0 Å². The van der Waals surface area contributed by atoms with E-state index >= 15 is 0 Å². The van der Waals surface area contributed by atoms with Crippen molar-refractivity contribution in [3.05, 3.63) is 111 Å². The normalized spacial score (nSPS) is 13.3. The zero-order chi connectivity index (χ0) is 29.3. The summed E-state index contributed by atoms with van der Waals surface area (Å²) in [4.78, 5) is 40.6. The number of carbonyl (C=O) groups is 2. The lowest BCUT2D eigenvalue weighted by Crippen LogP contribution is -2.50. The number of halogens is 2. The van der Waals surface area contributed by atoms with Gasteiger partial charge in [-0.3, -0.25) is 19.7 Å². The van der Waals surface area contributed by atoms with Crippen molar-refractivity contribution in [2.45, 2.75) is 6.92 Å². The van der Waals surface area contributed by atoms with E-state index in [9.17, 15) is 24.1 Å². The first-order valence-corrected chi connectivity index (χ1v) is 13.2. The first kappa shape index (κ1) is 27.9. The number of piperazine rings is 1. The highest BCUT2D eigenvalue weighted by atomic mass is 35.5. The van der Waals surface area contributed by atoms with Crippen molar-refractivity contribution in [2.24, 2.45) is 0 Å². The molecular weight excluding hydrogens is 551 g/mol. The van der Waals surface area contributed by atoms with Crippen LogP contribution in [0.1, 0.15) is 26.4 Å². The predicted octanol–water partition coefficient (Wildman–Crippen LogP) is 5.76. The van der Waals surface area contributed by atoms with Gasteiger partial charge in [-0.1, -0.05) is 23.7 Å². The average Bonchev–Trinajstić information content (AvgIpc) is 3.33. The quantitative estimate of drug-likeness (QED) is 0.215. The van der Waals surface area contributed by atoms with E-state index in [0.29, 0.717) is 28.4 Å². The number of hydrogen-bond acceptors (Lipinski definition) is 5. The van der Waals surface area contributed by atoms with Gasteiger partial charge >= 0.3 is 0 Å². The van der Waals surface area contributed by atoms with Crippen LogP contribution in [0.15, 0.2) is 72.8 Å². The first-order chi connectivity index (χ1) is 19.7. The second-order valence-electron chi connectivity index (χ2n) is 9.55. The molecule has 9 nitrogen and oxygen atoms in total. The molecule has 1 aliphatic heterocycles. The van der Waals surface area contributed by atoms with E-state index in [1.807, 2.05) is 12.1 Å². The Kier molecular flexibility index (Phi) is 7.76. The minimum Gasteiger partial charge on any atom is -0.497 e. The second-order valence-corrected chi connectivity index (χ2v) is 9.96. The molecule has 2 heterocycles. The van der Waals surface area contributed by atoms with E-state index in [-0.39, 0.29) is 54.3 Å². The highest BCUT2D eigenvalue weighted by molar-refractivity contribution is 6.32. The molecule has 5 rings (SSSR count). The highest BCUT2D eigenvalue weighted by Crippen LogP contribution is 2.32. The molecule has 1 aliphatic rings. The number of aromatic nitrogens is 1. The molecule has 210 valence electrons. The topological polar surface area (TPSA) is 97.9 Å². The summed E-state index contributed by atoms with van der Waals surface area (Å²) in [6.07, 6.45) is 0. The summed E-state index contributed by atoms with van der Waals surface area (Å²) in [6.45, 7) is 2.81. The molecule has 3 aromatic carbocycles. The van der Waals surface area contributed by atoms with Crippen LogP contribution in [0.2, 0.25) is 5.02 Å². The summed E-state index contributed by atoms with van der Waals surface area (Å²) < 4.78 is 22.0. The summed E-state index contributed by atoms with van der Waals surface area (Å²) in [5.41, 5.74) is 2.57. The molecule has 0 aliphatic carbocycles. The Bertz CT molecular complexity index is 1650. The van der Waals surface area contributed by atoms with Crippen LogP contribution in [0.3, 0.4) is 0 Å². The molecule has 41 heavy (non-hydrogen) atoms. The fourth-order valence-corrected chi connectivity index (χ4v) is 5.18. The Labute approximate surface area is 240 Å². The van der Waals surface area contributed by atoms with Gasteiger partial charge in [0, 0.05) is 43.5 Å². The number of nitrogens with zero attached hydrogens (tertiary/aromatic N) is 4. The third-order valence-corrected chi connectivity index (χ3v) is 7.52. The van der Waals surface area contributed by atoms with Crippen molar-refractivity contribution >= 4 is 29.1 Å². The van der Waals surface area contributed by atoms with Gasteiger partial charge in [0.2, 0.25) is 0 Å². The van der Waals surface area contributed by atoms with Crippen LogP contribution in [-0.2, 0) is 0 Å². The van der Waals surface area contributed by atoms with E-state index in [2.05, 4.69) is 0 Å². The minimum absolute atomic E-state index is 0.0475. The van der Waals surface area contributed by atoms with E-state index in [1.165, 1.54) is 18.2 Å². The Morgan fingerprint density at radius 2 is 1.56 bits per heavy atom. The molecule has 0 saturated carbocycles. The van der Waals surface area contributed by atoms with Gasteiger partial charge < -0.3 is 19.1 Å². The number of amides is 2. The number of para-hydroxylation sites is 1. The van der Waals surface area contributed by atoms with Gasteiger partial charge in [-0.25, -0.2) is 4.39 Å². The summed E-state index contributed by atoms with van der Waals surface area (Å²) in [5, 5.41) is 11.2. The first-order valence-electron chi connectivity index (χ1n) is 12.8. The van der Waals surface area contributed by atoms with Crippen molar-refractivity contribution in [2.75, 3.05) is 33.3 Å². The van der Waals surface area contributed by atoms with E-state index in [1.54, 1.807) is 64.8 Å². The number of nitro benzene ring substituents is 1. The maximum absolute atomic E-state index is 15.0. The van der Waals surface area contributed by atoms with E-state index in [0.717, 1.165) is 11.6 Å². The van der Waals surface area contributed by atoms with E-state index < -0.39 is 10.7 Å². The predicted molar refractivity (Wildman–Crippen MR) is 152 cm³/mol. The zero-order valence-corrected chi connectivity index (χ0v) is 23.1. The Morgan fingerprint density at radius 1 is 0.927 bits per heavy atom. The number of ether oxygens (including phenoxy) is 1. The van der Waals surface area contributed by atoms with Crippen LogP contribution in [0.25, 0.3) is 16.9 Å². The SMILES string of the molecule is COc1ccc(-c2cc(C(=O)N3CCN(C(=O)c4ccc(Cl)c([N+](=O)[O-])c4)CC3)c(C)n2-c2ccccc2F)cc1. The van der Waals surface area contributed by atoms with Gasteiger partial charge in [-0.05, 0) is 67.1 Å². The van der Waals surface area contributed by atoms with Crippen LogP contribution in [-0.4, -0.2) is 64.4 Å². The van der Waals surface area contributed by atoms with Crippen molar-refractivity contribution in [1.82, 2.24) is 14.4 Å². The van der Waals surface area contributed by atoms with Gasteiger partial charge in [0.25, 0.3) is 17.5 Å². The van der Waals surface area contributed by atoms with Gasteiger partial charge in [0.05, 0.1) is 29.0 Å². The van der Waals surface area contributed by atoms with Gasteiger partial charge in [0.15, 0.2) is 0 Å². The lowest BCUT2D eigenvalue weighted by Gasteiger charge is -2.34. The zero-order valence-electron chi connectivity index (χ0n) is 22.3. The highest BCUT2D eigenvalue weighted by Gasteiger charge is 2.29. The lowest BCUT2D eigenvalue weighted by molar-refractivity contribution is -0.384. The summed E-state index contributed by atoms with van der Waals surface area (Å²) in [5.74, 6) is -0.358. The molecule has 0 N–H and O–H groups in total. The molecule has 0 spiro atoms. The molecule has 0 unspecified atom stereocenters. The number of methoxy groups -OCH3 is 1. The summed E-state index contributed by atoms with van der Waals surface area (Å²) >= 11 is 5.88. The van der Waals surface area contributed by atoms with Crippen molar-refractivity contribution < 1.29 is 23.6 Å². The molecule has 0 radical (unpaired) electrons. The minimum atomic E-state index is -0.633. The van der Waals surface area contributed by atoms with Gasteiger partial charge in [-0.15, -0.1) is 0 Å². The maximum Gasteiger partial charge on any atom is 0.288 e. The Balaban J connectivity index is 1.40. The number of benzene rings is 3. The molecule has 4 aromatic rings. The van der Waals surface area contributed by atoms with Gasteiger partial charge in [0.1, 0.15) is 16.6 Å². The Hall–Kier alpha value is -4.70. The molecule has 0 bridgehead atoms. The molecule has 1 aromatic heterocycles. The smallest absolute Gasteiger partial charge is 0.288 e.